The van der Waals surface area contributed by atoms with Crippen molar-refractivity contribution < 1.29 is 14.7 Å². The van der Waals surface area contributed by atoms with Gasteiger partial charge in [-0.05, 0) is 18.4 Å². The van der Waals surface area contributed by atoms with E-state index >= 15 is 0 Å². The van der Waals surface area contributed by atoms with Gasteiger partial charge in [0.25, 0.3) is 0 Å². The van der Waals surface area contributed by atoms with Crippen molar-refractivity contribution in [3.05, 3.63) is 35.4 Å². The zero-order valence-corrected chi connectivity index (χ0v) is 9.56. The Morgan fingerprint density at radius 3 is 2.44 bits per heavy atom. The molecule has 3 heteroatoms. The van der Waals surface area contributed by atoms with Gasteiger partial charge in [-0.2, -0.15) is 0 Å². The first-order chi connectivity index (χ1) is 7.50. The molecule has 0 bridgehead atoms. The first-order valence-corrected chi connectivity index (χ1v) is 5.31. The van der Waals surface area contributed by atoms with Gasteiger partial charge in [0, 0.05) is 18.4 Å². The molecule has 0 aliphatic heterocycles. The minimum Gasteiger partial charge on any atom is -0.481 e. The van der Waals surface area contributed by atoms with Crippen LogP contribution in [0.3, 0.4) is 0 Å². The van der Waals surface area contributed by atoms with Gasteiger partial charge < -0.3 is 5.11 Å². The van der Waals surface area contributed by atoms with Crippen LogP contribution in [-0.2, 0) is 4.79 Å². The van der Waals surface area contributed by atoms with Crippen molar-refractivity contribution in [3.8, 4) is 0 Å². The molecule has 0 radical (unpaired) electrons. The molecule has 0 aliphatic rings. The third-order valence-corrected chi connectivity index (χ3v) is 2.50. The molecule has 1 rings (SSSR count). The first-order valence-electron chi connectivity index (χ1n) is 5.31. The van der Waals surface area contributed by atoms with E-state index in [1.165, 1.54) is 0 Å². The molecule has 0 aromatic heterocycles. The van der Waals surface area contributed by atoms with Crippen molar-refractivity contribution in [1.82, 2.24) is 0 Å². The summed E-state index contributed by atoms with van der Waals surface area (Å²) in [4.78, 5) is 22.3. The number of rotatable bonds is 5. The number of carbonyl (C=O) groups excluding carboxylic acids is 1. The Morgan fingerprint density at radius 1 is 1.25 bits per heavy atom. The number of aryl methyl sites for hydroxylation is 1. The Morgan fingerprint density at radius 2 is 1.88 bits per heavy atom. The summed E-state index contributed by atoms with van der Waals surface area (Å²) in [7, 11) is 0. The lowest BCUT2D eigenvalue weighted by Crippen LogP contribution is -2.11. The van der Waals surface area contributed by atoms with Gasteiger partial charge >= 0.3 is 5.97 Å². The standard InChI is InChI=1S/C13H16O3/c1-9(8-13(15)16)7-12(14)11-6-4-3-5-10(11)2/h3-6,9H,7-8H2,1-2H3,(H,15,16). The zero-order chi connectivity index (χ0) is 12.1. The van der Waals surface area contributed by atoms with Crippen molar-refractivity contribution in [3.63, 3.8) is 0 Å². The molecule has 1 unspecified atom stereocenters. The van der Waals surface area contributed by atoms with Crippen molar-refractivity contribution in [2.75, 3.05) is 0 Å². The van der Waals surface area contributed by atoms with Crippen LogP contribution in [0.1, 0.15) is 35.7 Å². The van der Waals surface area contributed by atoms with E-state index in [0.29, 0.717) is 5.56 Å². The highest BCUT2D eigenvalue weighted by Gasteiger charge is 2.15. The molecule has 0 spiro atoms. The highest BCUT2D eigenvalue weighted by molar-refractivity contribution is 5.97. The van der Waals surface area contributed by atoms with Gasteiger partial charge in [0.2, 0.25) is 0 Å². The van der Waals surface area contributed by atoms with Crippen molar-refractivity contribution in [1.29, 1.82) is 0 Å². The molecule has 16 heavy (non-hydrogen) atoms. The first kappa shape index (κ1) is 12.4. The van der Waals surface area contributed by atoms with Crippen molar-refractivity contribution in [2.45, 2.75) is 26.7 Å². The second-order valence-corrected chi connectivity index (χ2v) is 4.15. The van der Waals surface area contributed by atoms with Gasteiger partial charge in [0.05, 0.1) is 0 Å². The fourth-order valence-corrected chi connectivity index (χ4v) is 1.68. The van der Waals surface area contributed by atoms with Crippen molar-refractivity contribution >= 4 is 11.8 Å². The lowest BCUT2D eigenvalue weighted by molar-refractivity contribution is -0.137. The van der Waals surface area contributed by atoms with Crippen LogP contribution in [0.15, 0.2) is 24.3 Å². The number of hydrogen-bond acceptors (Lipinski definition) is 2. The van der Waals surface area contributed by atoms with Crippen LogP contribution in [0.4, 0.5) is 0 Å². The molecule has 0 saturated heterocycles. The van der Waals surface area contributed by atoms with Crippen LogP contribution in [-0.4, -0.2) is 16.9 Å². The summed E-state index contributed by atoms with van der Waals surface area (Å²) in [6, 6.07) is 7.37. The number of carbonyl (C=O) groups is 2. The number of benzene rings is 1. The van der Waals surface area contributed by atoms with E-state index in [9.17, 15) is 9.59 Å². The molecule has 86 valence electrons. The summed E-state index contributed by atoms with van der Waals surface area (Å²) in [5.41, 5.74) is 1.63. The predicted octanol–water partition coefficient (Wildman–Crippen LogP) is 2.68. The van der Waals surface area contributed by atoms with Crippen LogP contribution in [0.25, 0.3) is 0 Å². The fraction of sp³-hybridized carbons (Fsp3) is 0.385. The molecule has 0 amide bonds. The number of carboxylic acid groups (broad SMARTS) is 1. The largest absolute Gasteiger partial charge is 0.481 e. The smallest absolute Gasteiger partial charge is 0.303 e. The maximum atomic E-state index is 11.9. The Balaban J connectivity index is 2.66. The minimum atomic E-state index is -0.856. The summed E-state index contributed by atoms with van der Waals surface area (Å²) >= 11 is 0. The molecular formula is C13H16O3. The Kier molecular flexibility index (Phi) is 4.23. The monoisotopic (exact) mass is 220 g/mol. The zero-order valence-electron chi connectivity index (χ0n) is 9.56. The summed E-state index contributed by atoms with van der Waals surface area (Å²) < 4.78 is 0. The third-order valence-electron chi connectivity index (χ3n) is 2.50. The maximum Gasteiger partial charge on any atom is 0.303 e. The van der Waals surface area contributed by atoms with Gasteiger partial charge in [-0.25, -0.2) is 0 Å². The lowest BCUT2D eigenvalue weighted by Gasteiger charge is -2.09. The number of ketones is 1. The van der Waals surface area contributed by atoms with E-state index in [1.807, 2.05) is 25.1 Å². The van der Waals surface area contributed by atoms with Gasteiger partial charge in [-0.15, -0.1) is 0 Å². The molecular weight excluding hydrogens is 204 g/mol. The van der Waals surface area contributed by atoms with Crippen LogP contribution in [0, 0.1) is 12.8 Å². The topological polar surface area (TPSA) is 54.4 Å². The maximum absolute atomic E-state index is 11.9. The van der Waals surface area contributed by atoms with Gasteiger partial charge in [0.1, 0.15) is 0 Å². The SMILES string of the molecule is Cc1ccccc1C(=O)CC(C)CC(=O)O. The second kappa shape index (κ2) is 5.45. The van der Waals surface area contributed by atoms with Gasteiger partial charge in [-0.1, -0.05) is 31.2 Å². The fourth-order valence-electron chi connectivity index (χ4n) is 1.68. The Labute approximate surface area is 95.1 Å². The number of Topliss-reactive ketones (excluding diaryl/α,β-unsaturated/α-hetero) is 1. The number of aliphatic carboxylic acids is 1. The van der Waals surface area contributed by atoms with E-state index in [0.717, 1.165) is 5.56 Å². The summed E-state index contributed by atoms with van der Waals surface area (Å²) in [6.45, 7) is 3.67. The molecule has 1 aromatic carbocycles. The normalized spacial score (nSPS) is 12.1. The molecule has 0 aliphatic carbocycles. The summed E-state index contributed by atoms with van der Waals surface area (Å²) in [5, 5.41) is 8.61. The van der Waals surface area contributed by atoms with Crippen LogP contribution in [0.2, 0.25) is 0 Å². The van der Waals surface area contributed by atoms with Crippen LogP contribution >= 0.6 is 0 Å². The molecule has 0 heterocycles. The average molecular weight is 220 g/mol. The molecule has 0 fully saturated rings. The molecule has 1 N–H and O–H groups in total. The number of carboxylic acids is 1. The highest BCUT2D eigenvalue weighted by atomic mass is 16.4. The Hall–Kier alpha value is -1.64. The molecule has 0 saturated carbocycles. The van der Waals surface area contributed by atoms with Crippen molar-refractivity contribution in [2.24, 2.45) is 5.92 Å². The summed E-state index contributed by atoms with van der Waals surface area (Å²) in [6.07, 6.45) is 0.328. The molecule has 3 nitrogen and oxygen atoms in total. The van der Waals surface area contributed by atoms with E-state index in [2.05, 4.69) is 0 Å². The van der Waals surface area contributed by atoms with Crippen LogP contribution < -0.4 is 0 Å². The Bertz CT molecular complexity index is 396. The van der Waals surface area contributed by atoms with Crippen LogP contribution in [0.5, 0.6) is 0 Å². The highest BCUT2D eigenvalue weighted by Crippen LogP contribution is 2.15. The van der Waals surface area contributed by atoms with Gasteiger partial charge in [-0.3, -0.25) is 9.59 Å². The third kappa shape index (κ3) is 3.50. The van der Waals surface area contributed by atoms with E-state index < -0.39 is 5.97 Å². The van der Waals surface area contributed by atoms with E-state index in [1.54, 1.807) is 13.0 Å². The second-order valence-electron chi connectivity index (χ2n) is 4.15. The minimum absolute atomic E-state index is 0.0202. The quantitative estimate of drug-likeness (QED) is 0.776. The lowest BCUT2D eigenvalue weighted by atomic mass is 9.95. The average Bonchev–Trinajstić information content (AvgIpc) is 2.16. The van der Waals surface area contributed by atoms with E-state index in [4.69, 9.17) is 5.11 Å². The molecule has 1 atom stereocenters. The summed E-state index contributed by atoms with van der Waals surface area (Å²) in [5.74, 6) is -0.957. The number of hydrogen-bond donors (Lipinski definition) is 1. The molecule has 1 aromatic rings. The predicted molar refractivity (Wildman–Crippen MR) is 61.5 cm³/mol. The van der Waals surface area contributed by atoms with Gasteiger partial charge in [0.15, 0.2) is 5.78 Å². The van der Waals surface area contributed by atoms with E-state index in [-0.39, 0.29) is 24.5 Å².